The van der Waals surface area contributed by atoms with Gasteiger partial charge in [0.2, 0.25) is 0 Å². The van der Waals surface area contributed by atoms with Crippen molar-refractivity contribution in [2.45, 2.75) is 0 Å². The summed E-state index contributed by atoms with van der Waals surface area (Å²) in [5, 5.41) is 0.331. The Morgan fingerprint density at radius 1 is 1.54 bits per heavy atom. The van der Waals surface area contributed by atoms with E-state index in [0.29, 0.717) is 5.03 Å². The van der Waals surface area contributed by atoms with Crippen LogP contribution in [0.25, 0.3) is 0 Å². The van der Waals surface area contributed by atoms with E-state index in [-0.39, 0.29) is 17.4 Å². The molecule has 0 N–H and O–H groups in total. The Hall–Kier alpha value is -0.730. The van der Waals surface area contributed by atoms with Crippen LogP contribution in [0.15, 0.2) is 29.8 Å². The van der Waals surface area contributed by atoms with Gasteiger partial charge < -0.3 is 4.74 Å². The second kappa shape index (κ2) is 4.49. The van der Waals surface area contributed by atoms with Gasteiger partial charge in [0.15, 0.2) is 11.6 Å². The molecule has 0 saturated heterocycles. The Morgan fingerprint density at radius 2 is 2.23 bits per heavy atom. The van der Waals surface area contributed by atoms with E-state index in [9.17, 15) is 4.39 Å². The molecule has 70 valence electrons. The van der Waals surface area contributed by atoms with Gasteiger partial charge in [-0.25, -0.2) is 4.39 Å². The standard InChI is InChI=1S/C9H7Cl2FO/c1-6(10)5-13-8-4-2-3-7(11)9(8)12/h2-4H,1,5H2. The first kappa shape index (κ1) is 10.4. The SMILES string of the molecule is C=C(Cl)COc1cccc(Cl)c1F. The fourth-order valence-electron chi connectivity index (χ4n) is 0.752. The zero-order chi connectivity index (χ0) is 9.84. The molecule has 0 radical (unpaired) electrons. The van der Waals surface area contributed by atoms with Crippen molar-refractivity contribution in [3.05, 3.63) is 40.7 Å². The summed E-state index contributed by atoms with van der Waals surface area (Å²) < 4.78 is 18.1. The molecule has 0 unspecified atom stereocenters. The van der Waals surface area contributed by atoms with E-state index in [4.69, 9.17) is 27.9 Å². The van der Waals surface area contributed by atoms with E-state index in [1.54, 1.807) is 6.07 Å². The molecule has 0 aliphatic rings. The molecule has 1 aromatic carbocycles. The molecule has 0 aliphatic carbocycles. The van der Waals surface area contributed by atoms with Crippen LogP contribution >= 0.6 is 23.2 Å². The Kier molecular flexibility index (Phi) is 3.58. The number of hydrogen-bond donors (Lipinski definition) is 0. The number of benzene rings is 1. The topological polar surface area (TPSA) is 9.23 Å². The highest BCUT2D eigenvalue weighted by atomic mass is 35.5. The first-order valence-corrected chi connectivity index (χ1v) is 4.27. The third kappa shape index (κ3) is 2.90. The first-order chi connectivity index (χ1) is 6.11. The molecule has 0 atom stereocenters. The summed E-state index contributed by atoms with van der Waals surface area (Å²) in [6.07, 6.45) is 0. The minimum atomic E-state index is -0.581. The highest BCUT2D eigenvalue weighted by molar-refractivity contribution is 6.30. The molecule has 1 aromatic rings. The first-order valence-electron chi connectivity index (χ1n) is 3.51. The van der Waals surface area contributed by atoms with Gasteiger partial charge in [0.1, 0.15) is 6.61 Å². The number of rotatable bonds is 3. The molecule has 0 heterocycles. The van der Waals surface area contributed by atoms with Gasteiger partial charge in [-0.05, 0) is 12.1 Å². The molecular weight excluding hydrogens is 214 g/mol. The monoisotopic (exact) mass is 220 g/mol. The van der Waals surface area contributed by atoms with Gasteiger partial charge in [0.25, 0.3) is 0 Å². The van der Waals surface area contributed by atoms with Crippen molar-refractivity contribution < 1.29 is 9.13 Å². The summed E-state index contributed by atoms with van der Waals surface area (Å²) in [4.78, 5) is 0. The molecule has 0 spiro atoms. The predicted octanol–water partition coefficient (Wildman–Crippen LogP) is 3.61. The molecule has 1 rings (SSSR count). The summed E-state index contributed by atoms with van der Waals surface area (Å²) in [6.45, 7) is 3.48. The third-order valence-electron chi connectivity index (χ3n) is 1.30. The average molecular weight is 221 g/mol. The van der Waals surface area contributed by atoms with Crippen molar-refractivity contribution in [1.29, 1.82) is 0 Å². The predicted molar refractivity (Wildman–Crippen MR) is 51.9 cm³/mol. The van der Waals surface area contributed by atoms with Crippen LogP contribution in [0.2, 0.25) is 5.02 Å². The smallest absolute Gasteiger partial charge is 0.183 e. The maximum absolute atomic E-state index is 13.1. The molecule has 0 aromatic heterocycles. The third-order valence-corrected chi connectivity index (χ3v) is 1.70. The van der Waals surface area contributed by atoms with Crippen LogP contribution in [-0.4, -0.2) is 6.61 Å². The van der Waals surface area contributed by atoms with Gasteiger partial charge >= 0.3 is 0 Å². The van der Waals surface area contributed by atoms with Crippen LogP contribution < -0.4 is 4.74 Å². The lowest BCUT2D eigenvalue weighted by Gasteiger charge is -2.05. The van der Waals surface area contributed by atoms with E-state index in [2.05, 4.69) is 6.58 Å². The van der Waals surface area contributed by atoms with Crippen molar-refractivity contribution >= 4 is 23.2 Å². The van der Waals surface area contributed by atoms with E-state index in [0.717, 1.165) is 0 Å². The highest BCUT2D eigenvalue weighted by Crippen LogP contribution is 2.24. The molecule has 0 saturated carbocycles. The molecule has 13 heavy (non-hydrogen) atoms. The Balaban J connectivity index is 2.77. The van der Waals surface area contributed by atoms with Crippen molar-refractivity contribution in [2.24, 2.45) is 0 Å². The largest absolute Gasteiger partial charge is 0.485 e. The Morgan fingerprint density at radius 3 is 2.85 bits per heavy atom. The molecular formula is C9H7Cl2FO. The van der Waals surface area contributed by atoms with Crippen LogP contribution in [0.5, 0.6) is 5.75 Å². The Bertz CT molecular complexity index is 325. The minimum absolute atomic E-state index is 0.0256. The van der Waals surface area contributed by atoms with E-state index in [1.165, 1.54) is 12.1 Å². The van der Waals surface area contributed by atoms with Crippen LogP contribution in [-0.2, 0) is 0 Å². The maximum atomic E-state index is 13.1. The van der Waals surface area contributed by atoms with Gasteiger partial charge in [-0.2, -0.15) is 0 Å². The van der Waals surface area contributed by atoms with Gasteiger partial charge in [-0.1, -0.05) is 35.8 Å². The van der Waals surface area contributed by atoms with Crippen molar-refractivity contribution in [3.63, 3.8) is 0 Å². The van der Waals surface area contributed by atoms with Gasteiger partial charge in [0, 0.05) is 5.03 Å². The zero-order valence-electron chi connectivity index (χ0n) is 6.69. The lowest BCUT2D eigenvalue weighted by molar-refractivity contribution is 0.339. The van der Waals surface area contributed by atoms with Crippen LogP contribution in [0.3, 0.4) is 0 Å². The number of ether oxygens (including phenoxy) is 1. The van der Waals surface area contributed by atoms with E-state index in [1.807, 2.05) is 0 Å². The van der Waals surface area contributed by atoms with E-state index >= 15 is 0 Å². The lowest BCUT2D eigenvalue weighted by atomic mass is 10.3. The summed E-state index contributed by atoms with van der Waals surface area (Å²) in [7, 11) is 0. The lowest BCUT2D eigenvalue weighted by Crippen LogP contribution is -1.98. The molecule has 4 heteroatoms. The summed E-state index contributed by atoms with van der Waals surface area (Å²) in [5.74, 6) is -0.503. The van der Waals surface area contributed by atoms with Crippen molar-refractivity contribution in [2.75, 3.05) is 6.61 Å². The molecule has 0 bridgehead atoms. The zero-order valence-corrected chi connectivity index (χ0v) is 8.20. The van der Waals surface area contributed by atoms with Crippen LogP contribution in [0, 0.1) is 5.82 Å². The fraction of sp³-hybridized carbons (Fsp3) is 0.111. The average Bonchev–Trinajstić information content (AvgIpc) is 2.07. The van der Waals surface area contributed by atoms with Crippen molar-refractivity contribution in [3.8, 4) is 5.75 Å². The Labute approximate surface area is 85.7 Å². The normalized spacial score (nSPS) is 9.77. The summed E-state index contributed by atoms with van der Waals surface area (Å²) in [6, 6.07) is 4.51. The molecule has 1 nitrogen and oxygen atoms in total. The molecule has 0 amide bonds. The molecule has 0 aliphatic heterocycles. The summed E-state index contributed by atoms with van der Waals surface area (Å²) in [5.41, 5.74) is 0. The van der Waals surface area contributed by atoms with Gasteiger partial charge in [-0.3, -0.25) is 0 Å². The number of hydrogen-bond acceptors (Lipinski definition) is 1. The van der Waals surface area contributed by atoms with E-state index < -0.39 is 5.82 Å². The number of halogens is 3. The molecule has 0 fully saturated rings. The minimum Gasteiger partial charge on any atom is -0.485 e. The van der Waals surface area contributed by atoms with Gasteiger partial charge in [-0.15, -0.1) is 0 Å². The second-order valence-electron chi connectivity index (χ2n) is 2.36. The van der Waals surface area contributed by atoms with Crippen LogP contribution in [0.1, 0.15) is 0 Å². The maximum Gasteiger partial charge on any atom is 0.183 e. The quantitative estimate of drug-likeness (QED) is 0.757. The fourth-order valence-corrected chi connectivity index (χ4v) is 0.972. The van der Waals surface area contributed by atoms with Crippen molar-refractivity contribution in [1.82, 2.24) is 0 Å². The highest BCUT2D eigenvalue weighted by Gasteiger charge is 2.06. The summed E-state index contributed by atoms with van der Waals surface area (Å²) >= 11 is 11.0. The van der Waals surface area contributed by atoms with Gasteiger partial charge in [0.05, 0.1) is 5.02 Å². The second-order valence-corrected chi connectivity index (χ2v) is 3.30. The van der Waals surface area contributed by atoms with Crippen LogP contribution in [0.4, 0.5) is 4.39 Å².